The Labute approximate surface area is 182 Å². The van der Waals surface area contributed by atoms with Gasteiger partial charge < -0.3 is 20.1 Å². The van der Waals surface area contributed by atoms with E-state index in [-0.39, 0.29) is 29.4 Å². The first-order valence-electron chi connectivity index (χ1n) is 10.5. The zero-order chi connectivity index (χ0) is 23.0. The normalized spacial score (nSPS) is 15.1. The first kappa shape index (κ1) is 26.0. The summed E-state index contributed by atoms with van der Waals surface area (Å²) in [6.07, 6.45) is 0.867. The summed E-state index contributed by atoms with van der Waals surface area (Å²) >= 11 is 0. The average Bonchev–Trinajstić information content (AvgIpc) is 2.62. The molecule has 0 spiro atoms. The molecule has 0 fully saturated rings. The van der Waals surface area contributed by atoms with Gasteiger partial charge in [-0.25, -0.2) is 4.79 Å². The molecule has 0 unspecified atom stereocenters. The third-order valence-electron chi connectivity index (χ3n) is 4.65. The standard InChI is InChI=1S/C24H40N2O4/c1-22(2,3)14-19(26-21(28)30-16-18-12-10-9-11-13-18)15-25-24(7,20(27)29-8)17-23(4,5)6/h9-13,19,25H,14-17H2,1-8H3,(H,26,28)/t19-,24+/m0/s1. The van der Waals surface area contributed by atoms with Crippen molar-refractivity contribution in [3.8, 4) is 0 Å². The van der Waals surface area contributed by atoms with Crippen molar-refractivity contribution in [3.63, 3.8) is 0 Å². The van der Waals surface area contributed by atoms with Crippen LogP contribution in [0.3, 0.4) is 0 Å². The van der Waals surface area contributed by atoms with Crippen LogP contribution in [0.5, 0.6) is 0 Å². The van der Waals surface area contributed by atoms with Gasteiger partial charge in [-0.1, -0.05) is 71.9 Å². The molecule has 6 nitrogen and oxygen atoms in total. The summed E-state index contributed by atoms with van der Waals surface area (Å²) in [6.45, 7) is 15.1. The number of carbonyl (C=O) groups excluding carboxylic acids is 2. The molecule has 1 aromatic rings. The van der Waals surface area contributed by atoms with E-state index in [0.717, 1.165) is 12.0 Å². The second-order valence-electron chi connectivity index (χ2n) is 10.6. The number of carbonyl (C=O) groups is 2. The lowest BCUT2D eigenvalue weighted by Gasteiger charge is -2.36. The molecule has 0 aliphatic rings. The molecule has 6 heteroatoms. The number of methoxy groups -OCH3 is 1. The zero-order valence-corrected chi connectivity index (χ0v) is 19.9. The minimum absolute atomic E-state index is 0.00918. The van der Waals surface area contributed by atoms with Gasteiger partial charge in [0.05, 0.1) is 7.11 Å². The third kappa shape index (κ3) is 10.1. The molecule has 0 heterocycles. The molecule has 0 radical (unpaired) electrons. The van der Waals surface area contributed by atoms with Crippen LogP contribution in [-0.4, -0.2) is 37.3 Å². The number of rotatable bonds is 9. The first-order chi connectivity index (χ1) is 13.7. The van der Waals surface area contributed by atoms with Crippen LogP contribution in [-0.2, 0) is 20.9 Å². The quantitative estimate of drug-likeness (QED) is 0.568. The highest BCUT2D eigenvalue weighted by Gasteiger charge is 2.38. The van der Waals surface area contributed by atoms with Crippen molar-refractivity contribution >= 4 is 12.1 Å². The van der Waals surface area contributed by atoms with E-state index >= 15 is 0 Å². The Morgan fingerprint density at radius 3 is 2.07 bits per heavy atom. The highest BCUT2D eigenvalue weighted by atomic mass is 16.5. The van der Waals surface area contributed by atoms with Crippen molar-refractivity contribution in [2.24, 2.45) is 10.8 Å². The van der Waals surface area contributed by atoms with E-state index < -0.39 is 11.6 Å². The number of hydrogen-bond donors (Lipinski definition) is 2. The van der Waals surface area contributed by atoms with E-state index in [1.165, 1.54) is 7.11 Å². The SMILES string of the molecule is COC(=O)[C@@](C)(CC(C)(C)C)NC[C@H](CC(C)(C)C)NC(=O)OCc1ccccc1. The van der Waals surface area contributed by atoms with Gasteiger partial charge in [0.25, 0.3) is 0 Å². The predicted molar refractivity (Wildman–Crippen MR) is 120 cm³/mol. The van der Waals surface area contributed by atoms with Gasteiger partial charge in [-0.05, 0) is 36.2 Å². The fraction of sp³-hybridized carbons (Fsp3) is 0.667. The Bertz CT molecular complexity index is 677. The molecule has 1 amide bonds. The second-order valence-corrected chi connectivity index (χ2v) is 10.6. The monoisotopic (exact) mass is 420 g/mol. The summed E-state index contributed by atoms with van der Waals surface area (Å²) in [5, 5.41) is 6.32. The highest BCUT2D eigenvalue weighted by Crippen LogP contribution is 2.28. The van der Waals surface area contributed by atoms with Crippen LogP contribution >= 0.6 is 0 Å². The van der Waals surface area contributed by atoms with Gasteiger partial charge in [-0.3, -0.25) is 4.79 Å². The van der Waals surface area contributed by atoms with Crippen LogP contribution in [0.1, 0.15) is 66.9 Å². The Balaban J connectivity index is 2.80. The molecule has 1 aromatic carbocycles. The molecule has 0 bridgehead atoms. The van der Waals surface area contributed by atoms with E-state index in [1.54, 1.807) is 0 Å². The highest BCUT2D eigenvalue weighted by molar-refractivity contribution is 5.80. The molecule has 1 rings (SSSR count). The Morgan fingerprint density at radius 1 is 0.967 bits per heavy atom. The van der Waals surface area contributed by atoms with Crippen molar-refractivity contribution in [1.29, 1.82) is 0 Å². The van der Waals surface area contributed by atoms with Gasteiger partial charge in [-0.15, -0.1) is 0 Å². The van der Waals surface area contributed by atoms with Gasteiger partial charge >= 0.3 is 12.1 Å². The number of nitrogens with one attached hydrogen (secondary N) is 2. The number of benzene rings is 1. The minimum Gasteiger partial charge on any atom is -0.468 e. The molecule has 2 N–H and O–H groups in total. The smallest absolute Gasteiger partial charge is 0.407 e. The van der Waals surface area contributed by atoms with E-state index in [4.69, 9.17) is 9.47 Å². The average molecular weight is 421 g/mol. The summed E-state index contributed by atoms with van der Waals surface area (Å²) in [4.78, 5) is 24.9. The van der Waals surface area contributed by atoms with Gasteiger partial charge in [0, 0.05) is 12.6 Å². The molecule has 0 aromatic heterocycles. The summed E-state index contributed by atoms with van der Waals surface area (Å²) in [7, 11) is 1.40. The predicted octanol–water partition coefficient (Wildman–Crippen LogP) is 4.68. The largest absolute Gasteiger partial charge is 0.468 e. The Morgan fingerprint density at radius 2 is 1.57 bits per heavy atom. The zero-order valence-electron chi connectivity index (χ0n) is 19.9. The fourth-order valence-corrected chi connectivity index (χ4v) is 3.69. The topological polar surface area (TPSA) is 76.7 Å². The third-order valence-corrected chi connectivity index (χ3v) is 4.65. The summed E-state index contributed by atoms with van der Waals surface area (Å²) < 4.78 is 10.4. The maximum absolute atomic E-state index is 12.5. The van der Waals surface area contributed by atoms with E-state index in [0.29, 0.717) is 13.0 Å². The van der Waals surface area contributed by atoms with Crippen LogP contribution < -0.4 is 10.6 Å². The van der Waals surface area contributed by atoms with Gasteiger partial charge in [0.15, 0.2) is 0 Å². The summed E-state index contributed by atoms with van der Waals surface area (Å²) in [5.41, 5.74) is 0.00248. The first-order valence-corrected chi connectivity index (χ1v) is 10.5. The fourth-order valence-electron chi connectivity index (χ4n) is 3.69. The van der Waals surface area contributed by atoms with Crippen LogP contribution in [0.25, 0.3) is 0 Å². The van der Waals surface area contributed by atoms with Gasteiger partial charge in [0.1, 0.15) is 12.1 Å². The number of hydrogen-bond acceptors (Lipinski definition) is 5. The molecule has 2 atom stereocenters. The maximum Gasteiger partial charge on any atom is 0.407 e. The van der Waals surface area contributed by atoms with Crippen LogP contribution in [0, 0.1) is 10.8 Å². The van der Waals surface area contributed by atoms with Crippen LogP contribution in [0.2, 0.25) is 0 Å². The Kier molecular flexibility index (Phi) is 9.35. The number of alkyl carbamates (subject to hydrolysis) is 1. The van der Waals surface area contributed by atoms with E-state index in [1.807, 2.05) is 37.3 Å². The van der Waals surface area contributed by atoms with Gasteiger partial charge in [0.2, 0.25) is 0 Å². The van der Waals surface area contributed by atoms with Crippen molar-refractivity contribution in [2.45, 2.75) is 79.5 Å². The summed E-state index contributed by atoms with van der Waals surface area (Å²) in [5.74, 6) is -0.307. The molecule has 0 saturated heterocycles. The lowest BCUT2D eigenvalue weighted by molar-refractivity contribution is -0.149. The maximum atomic E-state index is 12.5. The molecule has 0 aliphatic heterocycles. The molecule has 0 aliphatic carbocycles. The lowest BCUT2D eigenvalue weighted by atomic mass is 9.80. The van der Waals surface area contributed by atoms with Crippen molar-refractivity contribution < 1.29 is 19.1 Å². The van der Waals surface area contributed by atoms with Gasteiger partial charge in [-0.2, -0.15) is 0 Å². The number of amides is 1. The van der Waals surface area contributed by atoms with Crippen LogP contribution in [0.4, 0.5) is 4.79 Å². The van der Waals surface area contributed by atoms with Crippen LogP contribution in [0.15, 0.2) is 30.3 Å². The Hall–Kier alpha value is -2.08. The van der Waals surface area contributed by atoms with E-state index in [2.05, 4.69) is 52.2 Å². The van der Waals surface area contributed by atoms with Crippen molar-refractivity contribution in [3.05, 3.63) is 35.9 Å². The molecular weight excluding hydrogens is 380 g/mol. The van der Waals surface area contributed by atoms with Crippen molar-refractivity contribution in [2.75, 3.05) is 13.7 Å². The lowest BCUT2D eigenvalue weighted by Crippen LogP contribution is -2.56. The van der Waals surface area contributed by atoms with E-state index in [9.17, 15) is 9.59 Å². The number of esters is 1. The molecule has 170 valence electrons. The van der Waals surface area contributed by atoms with Crippen molar-refractivity contribution in [1.82, 2.24) is 10.6 Å². The molecule has 30 heavy (non-hydrogen) atoms. The number of ether oxygens (including phenoxy) is 2. The second kappa shape index (κ2) is 10.8. The summed E-state index contributed by atoms with van der Waals surface area (Å²) in [6, 6.07) is 9.37. The molecule has 0 saturated carbocycles. The molecular formula is C24H40N2O4. The minimum atomic E-state index is -0.848.